The minimum Gasteiger partial charge on any atom is -0.302 e. The fraction of sp³-hybridized carbons (Fsp3) is 0.125. The summed E-state index contributed by atoms with van der Waals surface area (Å²) >= 11 is 1.71. The van der Waals surface area contributed by atoms with Crippen molar-refractivity contribution in [1.29, 1.82) is 0 Å². The van der Waals surface area contributed by atoms with Crippen molar-refractivity contribution in [3.63, 3.8) is 0 Å². The van der Waals surface area contributed by atoms with Crippen LogP contribution in [0, 0.1) is 5.82 Å². The Bertz CT molecular complexity index is 740. The van der Waals surface area contributed by atoms with Crippen molar-refractivity contribution in [2.45, 2.75) is 5.75 Å². The Hall–Kier alpha value is -2.14. The molecule has 0 spiro atoms. The molecule has 0 amide bonds. The fourth-order valence-corrected chi connectivity index (χ4v) is 2.79. The van der Waals surface area contributed by atoms with Gasteiger partial charge in [0.1, 0.15) is 12.1 Å². The number of aromatic nitrogens is 3. The maximum Gasteiger partial charge on any atom is 0.125 e. The van der Waals surface area contributed by atoms with E-state index in [1.54, 1.807) is 36.5 Å². The molecule has 3 aromatic rings. The van der Waals surface area contributed by atoms with Gasteiger partial charge in [-0.1, -0.05) is 6.07 Å². The van der Waals surface area contributed by atoms with Gasteiger partial charge in [-0.25, -0.2) is 9.37 Å². The predicted octanol–water partition coefficient (Wildman–Crippen LogP) is 3.94. The molecule has 0 fully saturated rings. The van der Waals surface area contributed by atoms with Gasteiger partial charge in [-0.3, -0.25) is 4.98 Å². The first-order valence-electron chi connectivity index (χ1n) is 6.51. The number of hydrogen-bond acceptors (Lipinski definition) is 3. The van der Waals surface area contributed by atoms with E-state index in [0.717, 1.165) is 28.4 Å². The minimum atomic E-state index is -0.251. The molecule has 0 bridgehead atoms. The molecule has 0 aliphatic heterocycles. The molecule has 1 aromatic carbocycles. The summed E-state index contributed by atoms with van der Waals surface area (Å²) in [5, 5.41) is 0. The van der Waals surface area contributed by atoms with Gasteiger partial charge >= 0.3 is 0 Å². The number of thioether (sulfide) groups is 1. The third-order valence-corrected chi connectivity index (χ3v) is 3.73. The second-order valence-corrected chi connectivity index (χ2v) is 5.43. The van der Waals surface area contributed by atoms with Crippen molar-refractivity contribution in [1.82, 2.24) is 14.5 Å². The van der Waals surface area contributed by atoms with E-state index in [0.29, 0.717) is 0 Å². The molecule has 2 aromatic heterocycles. The van der Waals surface area contributed by atoms with Crippen molar-refractivity contribution in [2.24, 2.45) is 0 Å². The lowest BCUT2D eigenvalue weighted by molar-refractivity contribution is 0.626. The second kappa shape index (κ2) is 6.10. The quantitative estimate of drug-likeness (QED) is 0.731. The zero-order valence-electron chi connectivity index (χ0n) is 11.5. The van der Waals surface area contributed by atoms with Crippen LogP contribution in [0.1, 0.15) is 5.69 Å². The highest BCUT2D eigenvalue weighted by Gasteiger charge is 2.14. The second-order valence-electron chi connectivity index (χ2n) is 4.56. The third kappa shape index (κ3) is 2.83. The third-order valence-electron chi connectivity index (χ3n) is 3.17. The summed E-state index contributed by atoms with van der Waals surface area (Å²) in [6.07, 6.45) is 7.31. The van der Waals surface area contributed by atoms with Crippen molar-refractivity contribution in [3.8, 4) is 16.9 Å². The van der Waals surface area contributed by atoms with Gasteiger partial charge in [0.05, 0.1) is 11.4 Å². The Balaban J connectivity index is 2.12. The van der Waals surface area contributed by atoms with E-state index >= 15 is 0 Å². The van der Waals surface area contributed by atoms with Crippen LogP contribution in [0.25, 0.3) is 16.9 Å². The molecule has 2 heterocycles. The Morgan fingerprint density at radius 2 is 2.14 bits per heavy atom. The molecule has 0 unspecified atom stereocenters. The van der Waals surface area contributed by atoms with Crippen molar-refractivity contribution in [3.05, 3.63) is 66.6 Å². The molecule has 3 rings (SSSR count). The average molecular weight is 299 g/mol. The number of hydrogen-bond donors (Lipinski definition) is 0. The number of nitrogens with zero attached hydrogens (tertiary/aromatic N) is 3. The average Bonchev–Trinajstić information content (AvgIpc) is 2.92. The molecule has 0 aliphatic carbocycles. The van der Waals surface area contributed by atoms with Crippen LogP contribution in [0.2, 0.25) is 0 Å². The zero-order chi connectivity index (χ0) is 14.7. The summed E-state index contributed by atoms with van der Waals surface area (Å²) in [5.74, 6) is 0.542. The normalized spacial score (nSPS) is 10.8. The van der Waals surface area contributed by atoms with Crippen LogP contribution < -0.4 is 0 Å². The summed E-state index contributed by atoms with van der Waals surface area (Å²) in [7, 11) is 0. The molecule has 0 saturated heterocycles. The van der Waals surface area contributed by atoms with E-state index in [-0.39, 0.29) is 5.82 Å². The first-order chi connectivity index (χ1) is 10.3. The first kappa shape index (κ1) is 13.8. The van der Waals surface area contributed by atoms with Crippen LogP contribution in [0.3, 0.4) is 0 Å². The van der Waals surface area contributed by atoms with Gasteiger partial charge < -0.3 is 4.57 Å². The molecule has 0 atom stereocenters. The van der Waals surface area contributed by atoms with Gasteiger partial charge in [0.2, 0.25) is 0 Å². The van der Waals surface area contributed by atoms with E-state index in [9.17, 15) is 4.39 Å². The lowest BCUT2D eigenvalue weighted by Gasteiger charge is -2.09. The number of benzene rings is 1. The summed E-state index contributed by atoms with van der Waals surface area (Å²) < 4.78 is 15.4. The Morgan fingerprint density at radius 3 is 2.86 bits per heavy atom. The van der Waals surface area contributed by atoms with Crippen LogP contribution in [-0.2, 0) is 5.75 Å². The number of rotatable bonds is 4. The van der Waals surface area contributed by atoms with Gasteiger partial charge in [-0.15, -0.1) is 0 Å². The lowest BCUT2D eigenvalue weighted by Crippen LogP contribution is -1.99. The van der Waals surface area contributed by atoms with Crippen LogP contribution in [0.4, 0.5) is 4.39 Å². The largest absolute Gasteiger partial charge is 0.302 e. The van der Waals surface area contributed by atoms with E-state index in [1.165, 1.54) is 12.1 Å². The molecule has 0 aliphatic rings. The van der Waals surface area contributed by atoms with E-state index in [4.69, 9.17) is 0 Å². The zero-order valence-corrected chi connectivity index (χ0v) is 12.3. The van der Waals surface area contributed by atoms with Crippen molar-refractivity contribution < 1.29 is 4.39 Å². The van der Waals surface area contributed by atoms with Crippen LogP contribution in [0.15, 0.2) is 55.1 Å². The Kier molecular flexibility index (Phi) is 4.01. The maximum atomic E-state index is 13.5. The fourth-order valence-electron chi connectivity index (χ4n) is 2.24. The molecule has 21 heavy (non-hydrogen) atoms. The molecule has 5 heteroatoms. The maximum absolute atomic E-state index is 13.5. The molecule has 3 nitrogen and oxygen atoms in total. The van der Waals surface area contributed by atoms with Crippen molar-refractivity contribution >= 4 is 11.8 Å². The lowest BCUT2D eigenvalue weighted by atomic mass is 10.2. The molecule has 106 valence electrons. The van der Waals surface area contributed by atoms with Crippen molar-refractivity contribution in [2.75, 3.05) is 6.26 Å². The van der Waals surface area contributed by atoms with Gasteiger partial charge in [0.15, 0.2) is 0 Å². The van der Waals surface area contributed by atoms with E-state index in [2.05, 4.69) is 9.97 Å². The highest BCUT2D eigenvalue weighted by Crippen LogP contribution is 2.27. The molecular formula is C16H14FN3S. The molecular weight excluding hydrogens is 285 g/mol. The SMILES string of the molecule is CSCc1c(-c2cccnc2)ncn1-c1cccc(F)c1. The molecule has 0 saturated carbocycles. The van der Waals surface area contributed by atoms with Gasteiger partial charge in [0, 0.05) is 29.4 Å². The summed E-state index contributed by atoms with van der Waals surface area (Å²) in [5.41, 5.74) is 3.68. The smallest absolute Gasteiger partial charge is 0.125 e. The highest BCUT2D eigenvalue weighted by molar-refractivity contribution is 7.97. The van der Waals surface area contributed by atoms with E-state index < -0.39 is 0 Å². The van der Waals surface area contributed by atoms with Crippen LogP contribution in [-0.4, -0.2) is 20.8 Å². The standard InChI is InChI=1S/C16H14FN3S/c1-21-10-15-16(12-4-3-7-18-9-12)19-11-20(15)14-6-2-5-13(17)8-14/h2-9,11H,10H2,1H3. The Labute approximate surface area is 126 Å². The number of pyridine rings is 1. The van der Waals surface area contributed by atoms with Gasteiger partial charge in [-0.2, -0.15) is 11.8 Å². The molecule has 0 N–H and O–H groups in total. The summed E-state index contributed by atoms with van der Waals surface area (Å²) in [6, 6.07) is 10.4. The van der Waals surface area contributed by atoms with Gasteiger partial charge in [-0.05, 0) is 36.6 Å². The Morgan fingerprint density at radius 1 is 1.24 bits per heavy atom. The summed E-state index contributed by atoms with van der Waals surface area (Å²) in [6.45, 7) is 0. The van der Waals surface area contributed by atoms with E-state index in [1.807, 2.05) is 29.0 Å². The molecule has 0 radical (unpaired) electrons. The monoisotopic (exact) mass is 299 g/mol. The predicted molar refractivity (Wildman–Crippen MR) is 84.0 cm³/mol. The van der Waals surface area contributed by atoms with Crippen LogP contribution in [0.5, 0.6) is 0 Å². The first-order valence-corrected chi connectivity index (χ1v) is 7.90. The summed E-state index contributed by atoms with van der Waals surface area (Å²) in [4.78, 5) is 8.64. The van der Waals surface area contributed by atoms with Crippen LogP contribution >= 0.6 is 11.8 Å². The minimum absolute atomic E-state index is 0.251. The number of imidazole rings is 1. The van der Waals surface area contributed by atoms with Gasteiger partial charge in [0.25, 0.3) is 0 Å². The topological polar surface area (TPSA) is 30.7 Å². The highest BCUT2D eigenvalue weighted by atomic mass is 32.2. The number of halogens is 1.